The topological polar surface area (TPSA) is 75.3 Å². The summed E-state index contributed by atoms with van der Waals surface area (Å²) in [5.74, 6) is -0.363. The van der Waals surface area contributed by atoms with Crippen LogP contribution in [0.3, 0.4) is 0 Å². The molecule has 2 rings (SSSR count). The summed E-state index contributed by atoms with van der Waals surface area (Å²) < 4.78 is 0. The second-order valence-corrected chi connectivity index (χ2v) is 5.14. The summed E-state index contributed by atoms with van der Waals surface area (Å²) in [4.78, 5) is 34.7. The number of Topliss-reactive ketones (excluding diaryl/α,β-unsaturated/α-hetero) is 2. The molecule has 2 N–H and O–H groups in total. The minimum absolute atomic E-state index is 0.00451. The molecular formula is C18H18N2O3. The van der Waals surface area contributed by atoms with Gasteiger partial charge in [0.2, 0.25) is 5.91 Å². The average Bonchev–Trinajstić information content (AvgIpc) is 2.53. The predicted molar refractivity (Wildman–Crippen MR) is 90.0 cm³/mol. The standard InChI is InChI=1S/C18H18N2O3/c1-12(21)14-7-9-15(10-8-14)19-11-18(23)20-17-6-4-3-5-16(17)13(2)22/h3-10,19H,11H2,1-2H3,(H,20,23). The van der Waals surface area contributed by atoms with Crippen molar-refractivity contribution >= 4 is 28.8 Å². The number of hydrogen-bond donors (Lipinski definition) is 2. The molecule has 0 fully saturated rings. The quantitative estimate of drug-likeness (QED) is 0.804. The summed E-state index contributed by atoms with van der Waals surface area (Å²) in [6, 6.07) is 13.8. The van der Waals surface area contributed by atoms with Crippen LogP contribution in [-0.2, 0) is 4.79 Å². The molecule has 0 spiro atoms. The van der Waals surface area contributed by atoms with Gasteiger partial charge in [-0.05, 0) is 50.2 Å². The van der Waals surface area contributed by atoms with E-state index in [1.54, 1.807) is 48.5 Å². The molecule has 0 aromatic heterocycles. The Balaban J connectivity index is 1.95. The molecule has 23 heavy (non-hydrogen) atoms. The molecule has 0 aliphatic heterocycles. The van der Waals surface area contributed by atoms with E-state index < -0.39 is 0 Å². The van der Waals surface area contributed by atoms with Gasteiger partial charge in [0.15, 0.2) is 11.6 Å². The Morgan fingerprint density at radius 1 is 0.870 bits per heavy atom. The third-order valence-electron chi connectivity index (χ3n) is 3.32. The number of anilines is 2. The van der Waals surface area contributed by atoms with Crippen molar-refractivity contribution in [2.24, 2.45) is 0 Å². The number of rotatable bonds is 6. The van der Waals surface area contributed by atoms with Crippen LogP contribution in [0.25, 0.3) is 0 Å². The predicted octanol–water partition coefficient (Wildman–Crippen LogP) is 3.14. The molecule has 0 saturated heterocycles. The number of amides is 1. The first kappa shape index (κ1) is 16.4. The highest BCUT2D eigenvalue weighted by atomic mass is 16.2. The molecular weight excluding hydrogens is 292 g/mol. The van der Waals surface area contributed by atoms with Crippen LogP contribution in [0.1, 0.15) is 34.6 Å². The van der Waals surface area contributed by atoms with Gasteiger partial charge in [0, 0.05) is 16.8 Å². The molecule has 0 atom stereocenters. The third kappa shape index (κ3) is 4.51. The molecule has 2 aromatic carbocycles. The van der Waals surface area contributed by atoms with Crippen molar-refractivity contribution in [2.45, 2.75) is 13.8 Å². The Labute approximate surface area is 134 Å². The lowest BCUT2D eigenvalue weighted by Gasteiger charge is -2.10. The smallest absolute Gasteiger partial charge is 0.243 e. The molecule has 0 heterocycles. The molecule has 0 unspecified atom stereocenters. The zero-order chi connectivity index (χ0) is 16.8. The van der Waals surface area contributed by atoms with Crippen LogP contribution in [0, 0.1) is 0 Å². The number of hydrogen-bond acceptors (Lipinski definition) is 4. The molecule has 2 aromatic rings. The van der Waals surface area contributed by atoms with Crippen molar-refractivity contribution in [2.75, 3.05) is 17.2 Å². The van der Waals surface area contributed by atoms with Crippen LogP contribution in [0.4, 0.5) is 11.4 Å². The summed E-state index contributed by atoms with van der Waals surface area (Å²) in [6.45, 7) is 3.02. The van der Waals surface area contributed by atoms with E-state index in [4.69, 9.17) is 0 Å². The highest BCUT2D eigenvalue weighted by Gasteiger charge is 2.09. The first-order valence-corrected chi connectivity index (χ1v) is 7.22. The van der Waals surface area contributed by atoms with E-state index in [1.807, 2.05) is 0 Å². The number of benzene rings is 2. The van der Waals surface area contributed by atoms with Crippen molar-refractivity contribution in [1.29, 1.82) is 0 Å². The van der Waals surface area contributed by atoms with E-state index in [0.717, 1.165) is 5.69 Å². The van der Waals surface area contributed by atoms with Crippen molar-refractivity contribution in [3.05, 3.63) is 59.7 Å². The van der Waals surface area contributed by atoms with Gasteiger partial charge in [-0.15, -0.1) is 0 Å². The molecule has 118 valence electrons. The van der Waals surface area contributed by atoms with Gasteiger partial charge in [-0.25, -0.2) is 0 Å². The van der Waals surface area contributed by atoms with Crippen LogP contribution < -0.4 is 10.6 Å². The molecule has 0 saturated carbocycles. The lowest BCUT2D eigenvalue weighted by molar-refractivity contribution is -0.114. The molecule has 5 heteroatoms. The van der Waals surface area contributed by atoms with E-state index in [-0.39, 0.29) is 24.0 Å². The average molecular weight is 310 g/mol. The Kier molecular flexibility index (Phi) is 5.25. The van der Waals surface area contributed by atoms with Gasteiger partial charge in [0.1, 0.15) is 0 Å². The Morgan fingerprint density at radius 3 is 2.13 bits per heavy atom. The number of ketones is 2. The SMILES string of the molecule is CC(=O)c1ccc(NCC(=O)Nc2ccccc2C(C)=O)cc1. The van der Waals surface area contributed by atoms with Gasteiger partial charge in [0.25, 0.3) is 0 Å². The molecule has 0 radical (unpaired) electrons. The maximum absolute atomic E-state index is 12.0. The summed E-state index contributed by atoms with van der Waals surface area (Å²) in [7, 11) is 0. The van der Waals surface area contributed by atoms with E-state index in [9.17, 15) is 14.4 Å². The second kappa shape index (κ2) is 7.35. The lowest BCUT2D eigenvalue weighted by atomic mass is 10.1. The summed E-state index contributed by atoms with van der Waals surface area (Å²) >= 11 is 0. The largest absolute Gasteiger partial charge is 0.376 e. The second-order valence-electron chi connectivity index (χ2n) is 5.14. The highest BCUT2D eigenvalue weighted by molar-refractivity contribution is 6.04. The van der Waals surface area contributed by atoms with Crippen molar-refractivity contribution in [3.63, 3.8) is 0 Å². The molecule has 5 nitrogen and oxygen atoms in total. The molecule has 0 bridgehead atoms. The zero-order valence-corrected chi connectivity index (χ0v) is 13.1. The van der Waals surface area contributed by atoms with Gasteiger partial charge in [0.05, 0.1) is 12.2 Å². The van der Waals surface area contributed by atoms with E-state index in [0.29, 0.717) is 16.8 Å². The van der Waals surface area contributed by atoms with Gasteiger partial charge in [-0.3, -0.25) is 14.4 Å². The van der Waals surface area contributed by atoms with Crippen LogP contribution in [0.2, 0.25) is 0 Å². The summed E-state index contributed by atoms with van der Waals surface area (Å²) in [5, 5.41) is 5.69. The zero-order valence-electron chi connectivity index (χ0n) is 13.1. The summed E-state index contributed by atoms with van der Waals surface area (Å²) in [5.41, 5.74) is 2.34. The molecule has 1 amide bonds. The first-order valence-electron chi connectivity index (χ1n) is 7.22. The minimum atomic E-state index is -0.255. The third-order valence-corrected chi connectivity index (χ3v) is 3.32. The normalized spacial score (nSPS) is 10.0. The van der Waals surface area contributed by atoms with Crippen molar-refractivity contribution in [1.82, 2.24) is 0 Å². The Bertz CT molecular complexity index is 736. The minimum Gasteiger partial charge on any atom is -0.376 e. The van der Waals surface area contributed by atoms with Crippen LogP contribution >= 0.6 is 0 Å². The maximum Gasteiger partial charge on any atom is 0.243 e. The Morgan fingerprint density at radius 2 is 1.52 bits per heavy atom. The van der Waals surface area contributed by atoms with E-state index in [1.165, 1.54) is 13.8 Å². The van der Waals surface area contributed by atoms with Crippen molar-refractivity contribution < 1.29 is 14.4 Å². The van der Waals surface area contributed by atoms with Crippen LogP contribution in [0.15, 0.2) is 48.5 Å². The van der Waals surface area contributed by atoms with Gasteiger partial charge in [-0.1, -0.05) is 12.1 Å². The monoisotopic (exact) mass is 310 g/mol. The first-order chi connectivity index (χ1) is 11.0. The number of carbonyl (C=O) groups is 3. The van der Waals surface area contributed by atoms with Crippen LogP contribution in [-0.4, -0.2) is 24.0 Å². The number of para-hydroxylation sites is 1. The Hall–Kier alpha value is -2.95. The van der Waals surface area contributed by atoms with Gasteiger partial charge in [-0.2, -0.15) is 0 Å². The van der Waals surface area contributed by atoms with Gasteiger partial charge >= 0.3 is 0 Å². The summed E-state index contributed by atoms with van der Waals surface area (Å²) in [6.07, 6.45) is 0. The fraction of sp³-hybridized carbons (Fsp3) is 0.167. The number of carbonyl (C=O) groups excluding carboxylic acids is 3. The fourth-order valence-corrected chi connectivity index (χ4v) is 2.10. The highest BCUT2D eigenvalue weighted by Crippen LogP contribution is 2.15. The molecule has 0 aliphatic rings. The van der Waals surface area contributed by atoms with Gasteiger partial charge < -0.3 is 10.6 Å². The fourth-order valence-electron chi connectivity index (χ4n) is 2.10. The van der Waals surface area contributed by atoms with E-state index >= 15 is 0 Å². The lowest BCUT2D eigenvalue weighted by Crippen LogP contribution is -2.22. The van der Waals surface area contributed by atoms with E-state index in [2.05, 4.69) is 10.6 Å². The molecule has 0 aliphatic carbocycles. The van der Waals surface area contributed by atoms with Crippen LogP contribution in [0.5, 0.6) is 0 Å². The van der Waals surface area contributed by atoms with Crippen molar-refractivity contribution in [3.8, 4) is 0 Å². The maximum atomic E-state index is 12.0. The number of nitrogens with one attached hydrogen (secondary N) is 2.